The van der Waals surface area contributed by atoms with Gasteiger partial charge in [-0.2, -0.15) is 0 Å². The fraction of sp³-hybridized carbons (Fsp3) is 0.750. The maximum atomic E-state index is 12.5. The van der Waals surface area contributed by atoms with E-state index in [0.29, 0.717) is 12.8 Å². The van der Waals surface area contributed by atoms with Crippen molar-refractivity contribution in [2.75, 3.05) is 26.4 Å². The van der Waals surface area contributed by atoms with Gasteiger partial charge < -0.3 is 20.1 Å². The van der Waals surface area contributed by atoms with Gasteiger partial charge in [-0.25, -0.2) is 4.57 Å². The lowest BCUT2D eigenvalue weighted by Crippen LogP contribution is -2.29. The zero-order valence-electron chi connectivity index (χ0n) is 31.6. The fourth-order valence-electron chi connectivity index (χ4n) is 4.97. The Balaban J connectivity index is 4.27. The van der Waals surface area contributed by atoms with Crippen LogP contribution in [0.3, 0.4) is 0 Å². The second kappa shape index (κ2) is 36.8. The van der Waals surface area contributed by atoms with E-state index in [4.69, 9.17) is 24.3 Å². The molecule has 0 heterocycles. The van der Waals surface area contributed by atoms with E-state index in [1.807, 2.05) is 0 Å². The first kappa shape index (κ1) is 48.0. The van der Waals surface area contributed by atoms with Gasteiger partial charge in [-0.1, -0.05) is 127 Å². The molecule has 0 radical (unpaired) electrons. The molecule has 50 heavy (non-hydrogen) atoms. The highest BCUT2D eigenvalue weighted by Crippen LogP contribution is 2.43. The summed E-state index contributed by atoms with van der Waals surface area (Å²) in [6, 6.07) is 0. The highest BCUT2D eigenvalue weighted by atomic mass is 31.2. The van der Waals surface area contributed by atoms with Crippen LogP contribution in [0.25, 0.3) is 0 Å². The molecule has 0 saturated carbocycles. The van der Waals surface area contributed by atoms with Gasteiger partial charge in [-0.15, -0.1) is 0 Å². The van der Waals surface area contributed by atoms with E-state index in [2.05, 4.69) is 62.5 Å². The summed E-state index contributed by atoms with van der Waals surface area (Å²) in [5.41, 5.74) is 5.33. The number of allylic oxidation sites excluding steroid dienone is 8. The third kappa shape index (κ3) is 35.8. The van der Waals surface area contributed by atoms with Crippen molar-refractivity contribution in [2.45, 2.75) is 168 Å². The van der Waals surface area contributed by atoms with Crippen molar-refractivity contribution in [1.82, 2.24) is 0 Å². The average Bonchev–Trinajstić information content (AvgIpc) is 3.10. The number of rotatable bonds is 36. The standard InChI is InChI=1S/C40H72NO8P/c1-3-5-7-9-11-13-15-17-19-21-23-25-27-29-31-33-40(43)49-38(37-48-50(44,45)47-35-34-41)36-46-39(42)32-30-28-26-24-22-20-18-16-14-12-10-8-6-4-2/h10-13,16-19,38H,3-9,14-15,20-37,41H2,1-2H3,(H,44,45)/b12-10+,13-11+,18-16+,19-17+/t38-/m1/s1. The third-order valence-corrected chi connectivity index (χ3v) is 8.92. The van der Waals surface area contributed by atoms with E-state index < -0.39 is 32.5 Å². The Kier molecular flexibility index (Phi) is 35.3. The Morgan fingerprint density at radius 3 is 1.58 bits per heavy atom. The van der Waals surface area contributed by atoms with Gasteiger partial charge in [0.1, 0.15) is 6.61 Å². The molecule has 10 heteroatoms. The van der Waals surface area contributed by atoms with Crippen LogP contribution in [0.15, 0.2) is 48.6 Å². The summed E-state index contributed by atoms with van der Waals surface area (Å²) in [6.07, 6.45) is 39.9. The van der Waals surface area contributed by atoms with E-state index in [0.717, 1.165) is 83.5 Å². The number of esters is 2. The molecule has 0 aromatic rings. The lowest BCUT2D eigenvalue weighted by atomic mass is 10.1. The lowest BCUT2D eigenvalue weighted by molar-refractivity contribution is -0.161. The first-order chi connectivity index (χ1) is 24.3. The maximum absolute atomic E-state index is 12.5. The van der Waals surface area contributed by atoms with Crippen LogP contribution in [0.2, 0.25) is 0 Å². The largest absolute Gasteiger partial charge is 0.472 e. The predicted molar refractivity (Wildman–Crippen MR) is 206 cm³/mol. The van der Waals surface area contributed by atoms with Crippen LogP contribution in [0.4, 0.5) is 0 Å². The molecule has 0 rings (SSSR count). The van der Waals surface area contributed by atoms with Crippen LogP contribution in [0.1, 0.15) is 162 Å². The van der Waals surface area contributed by atoms with Crippen molar-refractivity contribution in [2.24, 2.45) is 5.73 Å². The number of hydrogen-bond donors (Lipinski definition) is 2. The number of carbonyl (C=O) groups excluding carboxylic acids is 2. The highest BCUT2D eigenvalue weighted by molar-refractivity contribution is 7.47. The van der Waals surface area contributed by atoms with E-state index in [-0.39, 0.29) is 32.6 Å². The molecular weight excluding hydrogens is 653 g/mol. The molecule has 0 aliphatic heterocycles. The minimum atomic E-state index is -4.38. The Morgan fingerprint density at radius 2 is 1.06 bits per heavy atom. The number of nitrogens with two attached hydrogens (primary N) is 1. The van der Waals surface area contributed by atoms with Crippen molar-refractivity contribution in [3.8, 4) is 0 Å². The van der Waals surface area contributed by atoms with E-state index in [9.17, 15) is 19.0 Å². The van der Waals surface area contributed by atoms with E-state index in [1.165, 1.54) is 38.5 Å². The number of carbonyl (C=O) groups is 2. The van der Waals surface area contributed by atoms with Gasteiger partial charge in [0.05, 0.1) is 13.2 Å². The molecule has 0 saturated heterocycles. The summed E-state index contributed by atoms with van der Waals surface area (Å²) in [4.78, 5) is 34.7. The van der Waals surface area contributed by atoms with Crippen LogP contribution >= 0.6 is 7.82 Å². The monoisotopic (exact) mass is 725 g/mol. The molecule has 0 aliphatic carbocycles. The molecule has 3 N–H and O–H groups in total. The quantitative estimate of drug-likeness (QED) is 0.0280. The minimum Gasteiger partial charge on any atom is -0.462 e. The first-order valence-corrected chi connectivity index (χ1v) is 21.1. The Bertz CT molecular complexity index is 965. The molecule has 1 unspecified atom stereocenters. The normalized spacial score (nSPS) is 13.9. The zero-order valence-corrected chi connectivity index (χ0v) is 32.5. The minimum absolute atomic E-state index is 0.0472. The molecule has 0 amide bonds. The van der Waals surface area contributed by atoms with Crippen molar-refractivity contribution in [3.05, 3.63) is 48.6 Å². The van der Waals surface area contributed by atoms with Crippen LogP contribution < -0.4 is 5.73 Å². The molecule has 0 aliphatic rings. The smallest absolute Gasteiger partial charge is 0.462 e. The van der Waals surface area contributed by atoms with Crippen molar-refractivity contribution in [1.29, 1.82) is 0 Å². The number of ether oxygens (including phenoxy) is 2. The van der Waals surface area contributed by atoms with Gasteiger partial charge in [-0.05, 0) is 70.6 Å². The second-order valence-corrected chi connectivity index (χ2v) is 14.2. The summed E-state index contributed by atoms with van der Waals surface area (Å²) in [5, 5.41) is 0. The SMILES string of the molecule is CCCC/C=C/C/C=C/CCCCCCCC(=O)OC[C@H](COP(=O)(O)OCCN)OC(=O)CCCCCCC/C=C/C/C=C/CCCCC. The van der Waals surface area contributed by atoms with Crippen molar-refractivity contribution < 1.29 is 37.6 Å². The molecule has 2 atom stereocenters. The molecule has 0 aromatic carbocycles. The second-order valence-electron chi connectivity index (χ2n) is 12.8. The molecule has 0 aromatic heterocycles. The average molecular weight is 726 g/mol. The molecular formula is C40H72NO8P. The number of hydrogen-bond acceptors (Lipinski definition) is 8. The zero-order chi connectivity index (χ0) is 36.8. The summed E-state index contributed by atoms with van der Waals surface area (Å²) in [6.45, 7) is 3.61. The predicted octanol–water partition coefficient (Wildman–Crippen LogP) is 10.8. The summed E-state index contributed by atoms with van der Waals surface area (Å²) < 4.78 is 32.6. The summed E-state index contributed by atoms with van der Waals surface area (Å²) >= 11 is 0. The lowest BCUT2D eigenvalue weighted by Gasteiger charge is -2.19. The van der Waals surface area contributed by atoms with Gasteiger partial charge in [0.25, 0.3) is 0 Å². The molecule has 0 bridgehead atoms. The van der Waals surface area contributed by atoms with Crippen LogP contribution in [-0.4, -0.2) is 49.3 Å². The summed E-state index contributed by atoms with van der Waals surface area (Å²) in [5.74, 6) is -0.865. The van der Waals surface area contributed by atoms with Gasteiger partial charge in [0, 0.05) is 19.4 Å². The van der Waals surface area contributed by atoms with Gasteiger partial charge in [0.2, 0.25) is 0 Å². The van der Waals surface area contributed by atoms with Crippen LogP contribution in [0, 0.1) is 0 Å². The van der Waals surface area contributed by atoms with Crippen molar-refractivity contribution >= 4 is 19.8 Å². The Morgan fingerprint density at radius 1 is 0.600 bits per heavy atom. The first-order valence-electron chi connectivity index (χ1n) is 19.6. The molecule has 0 spiro atoms. The molecule has 0 fully saturated rings. The van der Waals surface area contributed by atoms with Gasteiger partial charge >= 0.3 is 19.8 Å². The van der Waals surface area contributed by atoms with E-state index >= 15 is 0 Å². The Hall–Kier alpha value is -2.03. The fourth-order valence-corrected chi connectivity index (χ4v) is 5.74. The van der Waals surface area contributed by atoms with Crippen LogP contribution in [0.5, 0.6) is 0 Å². The number of phosphoric ester groups is 1. The van der Waals surface area contributed by atoms with E-state index in [1.54, 1.807) is 0 Å². The van der Waals surface area contributed by atoms with Crippen LogP contribution in [-0.2, 0) is 32.7 Å². The van der Waals surface area contributed by atoms with Crippen molar-refractivity contribution in [3.63, 3.8) is 0 Å². The maximum Gasteiger partial charge on any atom is 0.472 e. The van der Waals surface area contributed by atoms with Gasteiger partial charge in [0.15, 0.2) is 6.10 Å². The number of unbranched alkanes of at least 4 members (excludes halogenated alkanes) is 15. The topological polar surface area (TPSA) is 134 Å². The number of phosphoric acid groups is 1. The van der Waals surface area contributed by atoms with Gasteiger partial charge in [-0.3, -0.25) is 18.6 Å². The third-order valence-electron chi connectivity index (χ3n) is 7.94. The Labute approximate surface area is 305 Å². The highest BCUT2D eigenvalue weighted by Gasteiger charge is 2.25. The molecule has 290 valence electrons. The summed E-state index contributed by atoms with van der Waals surface area (Å²) in [7, 11) is -4.38. The molecule has 9 nitrogen and oxygen atoms in total.